The molecule has 4 heteroatoms. The fraction of sp³-hybridized carbons (Fsp3) is 0.333. The number of fused-ring (bicyclic) bond motifs is 1. The maximum atomic E-state index is 6.21. The van der Waals surface area contributed by atoms with Gasteiger partial charge in [-0.15, -0.1) is 0 Å². The second kappa shape index (κ2) is 5.41. The van der Waals surface area contributed by atoms with Gasteiger partial charge in [-0.3, -0.25) is 0 Å². The molecule has 1 heterocycles. The van der Waals surface area contributed by atoms with Crippen LogP contribution in [-0.2, 0) is 29.8 Å². The monoisotopic (exact) mass is 426 g/mol. The first-order valence-corrected chi connectivity index (χ1v) is 15.0. The molecule has 0 spiro atoms. The van der Waals surface area contributed by atoms with E-state index >= 15 is 0 Å². The average Bonchev–Trinajstić information content (AvgIpc) is 2.65. The third kappa shape index (κ3) is 2.23. The molecule has 0 amide bonds. The van der Waals surface area contributed by atoms with Crippen molar-refractivity contribution in [1.82, 2.24) is 0 Å². The Morgan fingerprint density at radius 2 is 2.25 bits per heavy atom. The Morgan fingerprint density at radius 3 is 2.88 bits per heavy atom. The van der Waals surface area contributed by atoms with Crippen LogP contribution in [0.5, 0.6) is 5.75 Å². The first kappa shape index (κ1) is 12.2. The molecule has 0 saturated carbocycles. The van der Waals surface area contributed by atoms with Gasteiger partial charge in [0.15, 0.2) is 0 Å². The number of halogens is 1. The Labute approximate surface area is 111 Å². The molecule has 0 unspecified atom stereocenters. The van der Waals surface area contributed by atoms with E-state index in [0.717, 1.165) is 29.9 Å². The molecule has 0 radical (unpaired) electrons. The van der Waals surface area contributed by atoms with Gasteiger partial charge in [0.25, 0.3) is 0 Å². The van der Waals surface area contributed by atoms with Crippen molar-refractivity contribution in [2.45, 2.75) is 19.8 Å². The standard InChI is InChI=1S/C12H13O2.ClH.Hg/c1-3-4-11-8-9-7-10(13-2)5-6-12(9)14-11;;/h5-7H,3-4H2,1-2H3;1H;/q;;+1/p-1. The summed E-state index contributed by atoms with van der Waals surface area (Å²) < 4.78 is 12.4. The van der Waals surface area contributed by atoms with E-state index in [1.807, 2.05) is 18.2 Å². The van der Waals surface area contributed by atoms with Crippen molar-refractivity contribution < 1.29 is 32.5 Å². The first-order chi connectivity index (χ1) is 7.80. The van der Waals surface area contributed by atoms with Crippen LogP contribution < -0.4 is 7.81 Å². The number of aryl methyl sites for hydroxylation is 1. The molecule has 0 aliphatic heterocycles. The average molecular weight is 425 g/mol. The van der Waals surface area contributed by atoms with E-state index in [4.69, 9.17) is 17.4 Å². The van der Waals surface area contributed by atoms with Gasteiger partial charge in [-0.25, -0.2) is 0 Å². The van der Waals surface area contributed by atoms with Crippen molar-refractivity contribution >= 4 is 22.3 Å². The molecule has 0 aliphatic carbocycles. The fourth-order valence-corrected chi connectivity index (χ4v) is 7.63. The third-order valence-electron chi connectivity index (χ3n) is 2.69. The van der Waals surface area contributed by atoms with Gasteiger partial charge in [0.2, 0.25) is 0 Å². The predicted molar refractivity (Wildman–Crippen MR) is 62.2 cm³/mol. The van der Waals surface area contributed by atoms with Crippen LogP contribution in [0.15, 0.2) is 22.6 Å². The Morgan fingerprint density at radius 1 is 1.44 bits per heavy atom. The van der Waals surface area contributed by atoms with Crippen molar-refractivity contribution in [2.75, 3.05) is 7.11 Å². The molecule has 82 valence electrons. The number of methoxy groups -OCH3 is 1. The Hall–Kier alpha value is -0.215. The van der Waals surface area contributed by atoms with Gasteiger partial charge in [0.1, 0.15) is 0 Å². The van der Waals surface area contributed by atoms with E-state index in [9.17, 15) is 0 Å². The summed E-state index contributed by atoms with van der Waals surface area (Å²) in [5.74, 6) is 1.97. The summed E-state index contributed by atoms with van der Waals surface area (Å²) in [5, 5.41) is 1.17. The van der Waals surface area contributed by atoms with Crippen molar-refractivity contribution in [3.63, 3.8) is 0 Å². The van der Waals surface area contributed by atoms with E-state index in [0.29, 0.717) is 0 Å². The number of benzene rings is 1. The van der Waals surface area contributed by atoms with Crippen LogP contribution in [0.1, 0.15) is 19.1 Å². The topological polar surface area (TPSA) is 22.4 Å². The van der Waals surface area contributed by atoms with Gasteiger partial charge in [-0.05, 0) is 0 Å². The van der Waals surface area contributed by atoms with Crippen LogP contribution in [0.2, 0.25) is 0 Å². The summed E-state index contributed by atoms with van der Waals surface area (Å²) in [7, 11) is 7.88. The van der Waals surface area contributed by atoms with E-state index in [2.05, 4.69) is 6.92 Å². The maximum absolute atomic E-state index is 6.21. The van der Waals surface area contributed by atoms with E-state index < -0.39 is 23.3 Å². The molecule has 0 atom stereocenters. The molecule has 2 aromatic rings. The summed E-state index contributed by atoms with van der Waals surface area (Å²) in [6.45, 7) is 2.16. The SMILES string of the molecule is CCCc1oc2ccc(OC)cc2[c]1[Hg][Cl]. The predicted octanol–water partition coefficient (Wildman–Crippen LogP) is 3.26. The number of hydrogen-bond donors (Lipinski definition) is 0. The molecule has 0 N–H and O–H groups in total. The van der Waals surface area contributed by atoms with Gasteiger partial charge in [0.05, 0.1) is 0 Å². The molecule has 1 aromatic heterocycles. The van der Waals surface area contributed by atoms with E-state index in [1.54, 1.807) is 7.11 Å². The van der Waals surface area contributed by atoms with Crippen molar-refractivity contribution in [3.05, 3.63) is 24.0 Å². The summed E-state index contributed by atoms with van der Waals surface area (Å²) >= 11 is -1.47. The van der Waals surface area contributed by atoms with Gasteiger partial charge >= 0.3 is 111 Å². The molecule has 2 rings (SSSR count). The Kier molecular flexibility index (Phi) is 4.14. The fourth-order valence-electron chi connectivity index (χ4n) is 1.88. The molecule has 1 aromatic carbocycles. The van der Waals surface area contributed by atoms with Crippen LogP contribution in [0.3, 0.4) is 0 Å². The molecule has 0 saturated heterocycles. The van der Waals surface area contributed by atoms with Crippen molar-refractivity contribution in [2.24, 2.45) is 0 Å². The van der Waals surface area contributed by atoms with Crippen LogP contribution in [0, 0.1) is 0 Å². The molecular weight excluding hydrogens is 412 g/mol. The summed E-state index contributed by atoms with van der Waals surface area (Å²) in [6, 6.07) is 5.93. The molecule has 0 fully saturated rings. The minimum atomic E-state index is -1.47. The molecular formula is C12H13ClHgO2. The zero-order chi connectivity index (χ0) is 11.5. The van der Waals surface area contributed by atoms with Gasteiger partial charge in [0, 0.05) is 0 Å². The van der Waals surface area contributed by atoms with Gasteiger partial charge in [-0.2, -0.15) is 0 Å². The number of furan rings is 1. The zero-order valence-corrected chi connectivity index (χ0v) is 15.8. The number of rotatable bonds is 4. The zero-order valence-electron chi connectivity index (χ0n) is 9.55. The summed E-state index contributed by atoms with van der Waals surface area (Å²) in [5.41, 5.74) is 0.944. The normalized spacial score (nSPS) is 10.4. The Balaban J connectivity index is 2.58. The molecule has 16 heavy (non-hydrogen) atoms. The third-order valence-corrected chi connectivity index (χ3v) is 9.09. The quantitative estimate of drug-likeness (QED) is 0.702. The van der Waals surface area contributed by atoms with E-state index in [1.165, 1.54) is 8.46 Å². The minimum absolute atomic E-state index is 0.871. The molecule has 2 nitrogen and oxygen atoms in total. The van der Waals surface area contributed by atoms with Crippen LogP contribution >= 0.6 is 8.25 Å². The second-order valence-electron chi connectivity index (χ2n) is 3.75. The van der Waals surface area contributed by atoms with Crippen molar-refractivity contribution in [3.8, 4) is 5.75 Å². The number of ether oxygens (including phenoxy) is 1. The van der Waals surface area contributed by atoms with Crippen molar-refractivity contribution in [1.29, 1.82) is 0 Å². The van der Waals surface area contributed by atoms with Gasteiger partial charge in [-0.1, -0.05) is 0 Å². The summed E-state index contributed by atoms with van der Waals surface area (Å²) in [4.78, 5) is 0. The number of hydrogen-bond acceptors (Lipinski definition) is 2. The van der Waals surface area contributed by atoms with E-state index in [-0.39, 0.29) is 0 Å². The van der Waals surface area contributed by atoms with Crippen LogP contribution in [0.4, 0.5) is 0 Å². The van der Waals surface area contributed by atoms with Crippen LogP contribution in [-0.4, -0.2) is 7.11 Å². The summed E-state index contributed by atoms with van der Waals surface area (Å²) in [6.07, 6.45) is 2.08. The molecule has 0 aliphatic rings. The molecule has 0 bridgehead atoms. The second-order valence-corrected chi connectivity index (χ2v) is 9.88. The Bertz CT molecular complexity index is 493. The van der Waals surface area contributed by atoms with Gasteiger partial charge < -0.3 is 0 Å². The first-order valence-electron chi connectivity index (χ1n) is 5.44. The van der Waals surface area contributed by atoms with Crippen LogP contribution in [0.25, 0.3) is 11.0 Å².